The van der Waals surface area contributed by atoms with Crippen LogP contribution in [0.1, 0.15) is 36.0 Å². The molecule has 0 atom stereocenters. The summed E-state index contributed by atoms with van der Waals surface area (Å²) in [6.45, 7) is 1.51. The Balaban J connectivity index is 2.03. The van der Waals surface area contributed by atoms with Gasteiger partial charge >= 0.3 is 5.97 Å². The Bertz CT molecular complexity index is 565. The highest BCUT2D eigenvalue weighted by Crippen LogP contribution is 2.20. The van der Waals surface area contributed by atoms with E-state index in [1.807, 2.05) is 0 Å². The minimum Gasteiger partial charge on any atom is -0.469 e. The molecule has 6 heteroatoms. The van der Waals surface area contributed by atoms with Crippen LogP contribution in [0.25, 0.3) is 0 Å². The zero-order valence-corrected chi connectivity index (χ0v) is 12.6. The molecule has 2 amide bonds. The van der Waals surface area contributed by atoms with E-state index in [1.165, 1.54) is 7.11 Å². The molecule has 0 saturated carbocycles. The second kappa shape index (κ2) is 7.59. The molecular formula is C16H20N2O4. The minimum absolute atomic E-state index is 0.0184. The fourth-order valence-electron chi connectivity index (χ4n) is 2.40. The van der Waals surface area contributed by atoms with Gasteiger partial charge in [-0.05, 0) is 25.0 Å². The molecule has 0 spiro atoms. The summed E-state index contributed by atoms with van der Waals surface area (Å²) in [7, 11) is 1.28. The Kier molecular flexibility index (Phi) is 5.52. The van der Waals surface area contributed by atoms with E-state index in [1.54, 1.807) is 29.2 Å². The van der Waals surface area contributed by atoms with E-state index in [9.17, 15) is 14.4 Å². The van der Waals surface area contributed by atoms with Gasteiger partial charge in [-0.3, -0.25) is 14.4 Å². The molecule has 22 heavy (non-hydrogen) atoms. The van der Waals surface area contributed by atoms with Gasteiger partial charge in [0.1, 0.15) is 0 Å². The van der Waals surface area contributed by atoms with Crippen LogP contribution in [0.15, 0.2) is 24.3 Å². The highest BCUT2D eigenvalue weighted by molar-refractivity contribution is 6.04. The van der Waals surface area contributed by atoms with Crippen LogP contribution in [0.5, 0.6) is 0 Å². The lowest BCUT2D eigenvalue weighted by Gasteiger charge is -2.17. The number of carbonyl (C=O) groups is 3. The third-order valence-corrected chi connectivity index (χ3v) is 3.61. The molecule has 0 unspecified atom stereocenters. The minimum atomic E-state index is -0.434. The normalized spacial score (nSPS) is 13.8. The molecule has 0 radical (unpaired) electrons. The van der Waals surface area contributed by atoms with Crippen molar-refractivity contribution in [1.82, 2.24) is 4.90 Å². The molecule has 0 aromatic heterocycles. The van der Waals surface area contributed by atoms with Gasteiger partial charge in [0, 0.05) is 19.5 Å². The summed E-state index contributed by atoms with van der Waals surface area (Å²) in [6.07, 6.45) is 2.07. The molecule has 1 fully saturated rings. The molecule has 1 aromatic rings. The van der Waals surface area contributed by atoms with E-state index in [4.69, 9.17) is 0 Å². The van der Waals surface area contributed by atoms with Gasteiger partial charge in [0.2, 0.25) is 5.91 Å². The van der Waals surface area contributed by atoms with Crippen molar-refractivity contribution in [3.8, 4) is 0 Å². The first-order valence-electron chi connectivity index (χ1n) is 7.37. The number of benzene rings is 1. The number of amides is 2. The number of likely N-dealkylation sites (tertiary alicyclic amines) is 1. The first-order chi connectivity index (χ1) is 10.6. The summed E-state index contributed by atoms with van der Waals surface area (Å²) in [4.78, 5) is 37.2. The predicted octanol–water partition coefficient (Wildman–Crippen LogP) is 1.81. The van der Waals surface area contributed by atoms with Gasteiger partial charge in [-0.1, -0.05) is 12.1 Å². The Morgan fingerprint density at radius 1 is 1.14 bits per heavy atom. The van der Waals surface area contributed by atoms with Crippen LogP contribution in [0.3, 0.4) is 0 Å². The number of esters is 1. The second-order valence-corrected chi connectivity index (χ2v) is 5.17. The zero-order valence-electron chi connectivity index (χ0n) is 12.6. The number of nitrogens with zero attached hydrogens (tertiary/aromatic N) is 1. The number of ether oxygens (including phenoxy) is 1. The Morgan fingerprint density at radius 3 is 2.50 bits per heavy atom. The van der Waals surface area contributed by atoms with Crippen LogP contribution in [0.4, 0.5) is 5.69 Å². The van der Waals surface area contributed by atoms with E-state index in [0.717, 1.165) is 25.9 Å². The number of para-hydroxylation sites is 1. The lowest BCUT2D eigenvalue weighted by molar-refractivity contribution is -0.141. The third kappa shape index (κ3) is 4.07. The van der Waals surface area contributed by atoms with Crippen molar-refractivity contribution < 1.29 is 19.1 Å². The van der Waals surface area contributed by atoms with Crippen molar-refractivity contribution in [2.45, 2.75) is 25.7 Å². The standard InChI is InChI=1S/C16H20N2O4/c1-22-15(20)9-8-14(19)17-13-7-3-2-6-12(13)16(21)18-10-4-5-11-18/h2-3,6-7H,4-5,8-11H2,1H3,(H,17,19). The Morgan fingerprint density at radius 2 is 1.82 bits per heavy atom. The van der Waals surface area contributed by atoms with Gasteiger partial charge in [0.05, 0.1) is 24.8 Å². The summed E-state index contributed by atoms with van der Waals surface area (Å²) in [5.41, 5.74) is 0.963. The number of rotatable bonds is 5. The topological polar surface area (TPSA) is 75.7 Å². The van der Waals surface area contributed by atoms with Crippen LogP contribution in [0.2, 0.25) is 0 Å². The number of methoxy groups -OCH3 is 1. The molecule has 1 N–H and O–H groups in total. The van der Waals surface area contributed by atoms with Crippen LogP contribution >= 0.6 is 0 Å². The van der Waals surface area contributed by atoms with Crippen molar-refractivity contribution in [1.29, 1.82) is 0 Å². The first-order valence-corrected chi connectivity index (χ1v) is 7.37. The first kappa shape index (κ1) is 16.0. The number of anilines is 1. The lowest BCUT2D eigenvalue weighted by atomic mass is 10.1. The van der Waals surface area contributed by atoms with Gasteiger partial charge in [-0.25, -0.2) is 0 Å². The van der Waals surface area contributed by atoms with E-state index in [-0.39, 0.29) is 24.7 Å². The molecule has 0 aliphatic carbocycles. The number of hydrogen-bond donors (Lipinski definition) is 1. The molecular weight excluding hydrogens is 284 g/mol. The number of carbonyl (C=O) groups excluding carboxylic acids is 3. The van der Waals surface area contributed by atoms with Crippen molar-refractivity contribution in [3.63, 3.8) is 0 Å². The fourth-order valence-corrected chi connectivity index (χ4v) is 2.40. The van der Waals surface area contributed by atoms with E-state index >= 15 is 0 Å². The molecule has 6 nitrogen and oxygen atoms in total. The van der Waals surface area contributed by atoms with Crippen molar-refractivity contribution in [2.24, 2.45) is 0 Å². The zero-order chi connectivity index (χ0) is 15.9. The van der Waals surface area contributed by atoms with Crippen molar-refractivity contribution in [2.75, 3.05) is 25.5 Å². The molecule has 1 aliphatic rings. The smallest absolute Gasteiger partial charge is 0.306 e. The largest absolute Gasteiger partial charge is 0.469 e. The third-order valence-electron chi connectivity index (χ3n) is 3.61. The molecule has 1 saturated heterocycles. The van der Waals surface area contributed by atoms with Crippen molar-refractivity contribution >= 4 is 23.5 Å². The van der Waals surface area contributed by atoms with Gasteiger partial charge in [0.25, 0.3) is 5.91 Å². The maximum absolute atomic E-state index is 12.5. The van der Waals surface area contributed by atoms with E-state index in [2.05, 4.69) is 10.1 Å². The molecule has 2 rings (SSSR count). The maximum Gasteiger partial charge on any atom is 0.306 e. The summed E-state index contributed by atoms with van der Waals surface area (Å²) < 4.78 is 4.50. The number of nitrogens with one attached hydrogen (secondary N) is 1. The van der Waals surface area contributed by atoms with Crippen LogP contribution in [-0.2, 0) is 14.3 Å². The highest BCUT2D eigenvalue weighted by atomic mass is 16.5. The fraction of sp³-hybridized carbons (Fsp3) is 0.438. The highest BCUT2D eigenvalue weighted by Gasteiger charge is 2.22. The average Bonchev–Trinajstić information content (AvgIpc) is 3.07. The molecule has 0 bridgehead atoms. The van der Waals surface area contributed by atoms with Crippen LogP contribution < -0.4 is 5.32 Å². The Hall–Kier alpha value is -2.37. The van der Waals surface area contributed by atoms with Crippen molar-refractivity contribution in [3.05, 3.63) is 29.8 Å². The lowest BCUT2D eigenvalue weighted by Crippen LogP contribution is -2.28. The van der Waals surface area contributed by atoms with E-state index < -0.39 is 5.97 Å². The van der Waals surface area contributed by atoms with E-state index in [0.29, 0.717) is 11.3 Å². The summed E-state index contributed by atoms with van der Waals surface area (Å²) in [5.74, 6) is -0.815. The maximum atomic E-state index is 12.5. The Labute approximate surface area is 129 Å². The summed E-state index contributed by atoms with van der Waals surface area (Å²) in [6, 6.07) is 6.93. The molecule has 1 heterocycles. The quantitative estimate of drug-likeness (QED) is 0.842. The SMILES string of the molecule is COC(=O)CCC(=O)Nc1ccccc1C(=O)N1CCCC1. The number of hydrogen-bond acceptors (Lipinski definition) is 4. The predicted molar refractivity (Wildman–Crippen MR) is 81.5 cm³/mol. The van der Waals surface area contributed by atoms with Crippen LogP contribution in [0, 0.1) is 0 Å². The summed E-state index contributed by atoms with van der Waals surface area (Å²) in [5, 5.41) is 2.70. The van der Waals surface area contributed by atoms with Gasteiger partial charge in [-0.15, -0.1) is 0 Å². The van der Waals surface area contributed by atoms with Gasteiger partial charge in [-0.2, -0.15) is 0 Å². The monoisotopic (exact) mass is 304 g/mol. The average molecular weight is 304 g/mol. The van der Waals surface area contributed by atoms with Gasteiger partial charge in [0.15, 0.2) is 0 Å². The van der Waals surface area contributed by atoms with Crippen LogP contribution in [-0.4, -0.2) is 42.9 Å². The molecule has 1 aromatic carbocycles. The van der Waals surface area contributed by atoms with Gasteiger partial charge < -0.3 is 15.0 Å². The second-order valence-electron chi connectivity index (χ2n) is 5.17. The summed E-state index contributed by atoms with van der Waals surface area (Å²) >= 11 is 0. The molecule has 1 aliphatic heterocycles. The molecule has 118 valence electrons.